The molecule has 0 aliphatic rings. The molecule has 2 aromatic rings. The summed E-state index contributed by atoms with van der Waals surface area (Å²) >= 11 is 0. The third-order valence-corrected chi connectivity index (χ3v) is 2.84. The van der Waals surface area contributed by atoms with Gasteiger partial charge in [-0.15, -0.1) is 5.10 Å². The number of ketones is 1. The van der Waals surface area contributed by atoms with Crippen LogP contribution < -0.4 is 0 Å². The van der Waals surface area contributed by atoms with E-state index in [1.807, 2.05) is 0 Å². The Bertz CT molecular complexity index is 528. The molecule has 0 N–H and O–H groups in total. The van der Waals surface area contributed by atoms with E-state index in [9.17, 15) is 4.79 Å². The summed E-state index contributed by atoms with van der Waals surface area (Å²) in [7, 11) is 1.80. The van der Waals surface area contributed by atoms with Crippen LogP contribution in [0.25, 0.3) is 0 Å². The maximum absolute atomic E-state index is 11.8. The van der Waals surface area contributed by atoms with Gasteiger partial charge < -0.3 is 0 Å². The quantitative estimate of drug-likeness (QED) is 0.805. The average Bonchev–Trinajstić information content (AvgIpc) is 2.74. The summed E-state index contributed by atoms with van der Waals surface area (Å²) in [6, 6.07) is 8.29. The Kier molecular flexibility index (Phi) is 3.87. The fourth-order valence-corrected chi connectivity index (χ4v) is 1.81. The van der Waals surface area contributed by atoms with E-state index in [0.29, 0.717) is 12.8 Å². The van der Waals surface area contributed by atoms with Crippen LogP contribution in [-0.4, -0.2) is 20.8 Å². The molecule has 0 radical (unpaired) electrons. The summed E-state index contributed by atoms with van der Waals surface area (Å²) in [5.74, 6) is 0.205. The van der Waals surface area contributed by atoms with Gasteiger partial charge >= 0.3 is 0 Å². The third kappa shape index (κ3) is 3.52. The van der Waals surface area contributed by atoms with E-state index in [4.69, 9.17) is 0 Å². The maximum atomic E-state index is 11.8. The Morgan fingerprint density at radius 1 is 1.28 bits per heavy atom. The molecule has 0 unspecified atom stereocenters. The van der Waals surface area contributed by atoms with E-state index in [0.717, 1.165) is 12.1 Å². The van der Waals surface area contributed by atoms with Gasteiger partial charge in [0.2, 0.25) is 0 Å². The molecule has 1 aromatic carbocycles. The molecule has 0 aliphatic heterocycles. The van der Waals surface area contributed by atoms with Gasteiger partial charge in [0.15, 0.2) is 0 Å². The molecule has 4 heteroatoms. The van der Waals surface area contributed by atoms with Crippen molar-refractivity contribution in [1.82, 2.24) is 15.0 Å². The summed E-state index contributed by atoms with van der Waals surface area (Å²) < 4.78 is 1.61. The van der Waals surface area contributed by atoms with Crippen molar-refractivity contribution in [2.45, 2.75) is 26.2 Å². The Labute approximate surface area is 107 Å². The molecule has 0 spiro atoms. The van der Waals surface area contributed by atoms with Crippen LogP contribution in [0.3, 0.4) is 0 Å². The molecular formula is C14H17N3O. The molecule has 18 heavy (non-hydrogen) atoms. The molecule has 94 valence electrons. The number of hydrogen-bond acceptors (Lipinski definition) is 3. The smallest absolute Gasteiger partial charge is 0.139 e. The van der Waals surface area contributed by atoms with Gasteiger partial charge in [-0.05, 0) is 18.9 Å². The Morgan fingerprint density at radius 2 is 2.00 bits per heavy atom. The zero-order valence-corrected chi connectivity index (χ0v) is 10.8. The van der Waals surface area contributed by atoms with Crippen LogP contribution in [0.15, 0.2) is 30.5 Å². The molecule has 0 amide bonds. The highest BCUT2D eigenvalue weighted by molar-refractivity contribution is 5.80. The van der Waals surface area contributed by atoms with E-state index in [-0.39, 0.29) is 5.78 Å². The number of hydrogen-bond donors (Lipinski definition) is 0. The van der Waals surface area contributed by atoms with Gasteiger partial charge in [-0.25, -0.2) is 0 Å². The van der Waals surface area contributed by atoms with Crippen molar-refractivity contribution in [2.24, 2.45) is 7.05 Å². The van der Waals surface area contributed by atoms with Crippen LogP contribution in [-0.2, 0) is 24.7 Å². The number of rotatable bonds is 5. The number of aromatic nitrogens is 3. The fourth-order valence-electron chi connectivity index (χ4n) is 1.81. The summed E-state index contributed by atoms with van der Waals surface area (Å²) in [6.07, 6.45) is 3.50. The normalized spacial score (nSPS) is 10.6. The van der Waals surface area contributed by atoms with Crippen LogP contribution >= 0.6 is 0 Å². The fraction of sp³-hybridized carbons (Fsp3) is 0.357. The zero-order valence-electron chi connectivity index (χ0n) is 10.8. The average molecular weight is 243 g/mol. The monoisotopic (exact) mass is 243 g/mol. The Balaban J connectivity index is 1.83. The first kappa shape index (κ1) is 12.5. The van der Waals surface area contributed by atoms with Crippen LogP contribution in [0.5, 0.6) is 0 Å². The first-order valence-electron chi connectivity index (χ1n) is 6.06. The van der Waals surface area contributed by atoms with Crippen LogP contribution in [0.1, 0.15) is 23.2 Å². The first-order valence-corrected chi connectivity index (χ1v) is 6.06. The molecule has 1 heterocycles. The van der Waals surface area contributed by atoms with E-state index in [1.54, 1.807) is 17.9 Å². The second kappa shape index (κ2) is 5.58. The second-order valence-electron chi connectivity index (χ2n) is 4.58. The molecule has 1 aromatic heterocycles. The summed E-state index contributed by atoms with van der Waals surface area (Å²) in [4.78, 5) is 11.8. The van der Waals surface area contributed by atoms with Gasteiger partial charge in [0.25, 0.3) is 0 Å². The minimum atomic E-state index is 0.205. The van der Waals surface area contributed by atoms with Crippen LogP contribution in [0.4, 0.5) is 0 Å². The highest BCUT2D eigenvalue weighted by Gasteiger charge is 2.07. The van der Waals surface area contributed by atoms with Crippen molar-refractivity contribution in [3.05, 3.63) is 47.3 Å². The molecule has 0 bridgehead atoms. The molecule has 0 aliphatic carbocycles. The predicted molar refractivity (Wildman–Crippen MR) is 69.2 cm³/mol. The molecule has 0 fully saturated rings. The lowest BCUT2D eigenvalue weighted by atomic mass is 10.0. The lowest BCUT2D eigenvalue weighted by Gasteiger charge is -2.01. The topological polar surface area (TPSA) is 47.8 Å². The lowest BCUT2D eigenvalue weighted by Crippen LogP contribution is -2.04. The predicted octanol–water partition coefficient (Wildman–Crippen LogP) is 1.87. The highest BCUT2D eigenvalue weighted by Crippen LogP contribution is 2.07. The molecule has 2 rings (SSSR count). The number of Topliss-reactive ketones (excluding diaryl/α,β-unsaturated/α-hetero) is 1. The van der Waals surface area contributed by atoms with Gasteiger partial charge in [-0.1, -0.05) is 35.0 Å². The van der Waals surface area contributed by atoms with Crippen molar-refractivity contribution in [3.63, 3.8) is 0 Å². The van der Waals surface area contributed by atoms with E-state index < -0.39 is 0 Å². The number of aryl methyl sites for hydroxylation is 3. The first-order chi connectivity index (χ1) is 8.63. The Hall–Kier alpha value is -1.97. The molecule has 0 atom stereocenters. The largest absolute Gasteiger partial charge is 0.299 e. The standard InChI is InChI=1S/C14H17N3O/c1-11-3-5-12(6-4-11)7-8-14(18)9-13-10-17(2)16-15-13/h3-6,10H,7-9H2,1-2H3. The van der Waals surface area contributed by atoms with Gasteiger partial charge in [0.1, 0.15) is 5.78 Å². The summed E-state index contributed by atoms with van der Waals surface area (Å²) in [6.45, 7) is 2.06. The van der Waals surface area contributed by atoms with Gasteiger partial charge in [0.05, 0.1) is 12.1 Å². The van der Waals surface area contributed by atoms with Crippen molar-refractivity contribution in [2.75, 3.05) is 0 Å². The van der Waals surface area contributed by atoms with Crippen molar-refractivity contribution in [3.8, 4) is 0 Å². The molecule has 0 saturated heterocycles. The van der Waals surface area contributed by atoms with Crippen LogP contribution in [0, 0.1) is 6.92 Å². The maximum Gasteiger partial charge on any atom is 0.139 e. The van der Waals surface area contributed by atoms with E-state index in [2.05, 4.69) is 41.5 Å². The second-order valence-corrected chi connectivity index (χ2v) is 4.58. The van der Waals surface area contributed by atoms with Crippen LogP contribution in [0.2, 0.25) is 0 Å². The number of carbonyl (C=O) groups is 1. The Morgan fingerprint density at radius 3 is 2.61 bits per heavy atom. The third-order valence-electron chi connectivity index (χ3n) is 2.84. The lowest BCUT2D eigenvalue weighted by molar-refractivity contribution is -0.118. The SMILES string of the molecule is Cc1ccc(CCC(=O)Cc2cn(C)nn2)cc1. The summed E-state index contributed by atoms with van der Waals surface area (Å²) in [5, 5.41) is 7.73. The number of nitrogens with zero attached hydrogens (tertiary/aromatic N) is 3. The summed E-state index contributed by atoms with van der Waals surface area (Å²) in [5.41, 5.74) is 3.18. The molecule has 0 saturated carbocycles. The molecular weight excluding hydrogens is 226 g/mol. The highest BCUT2D eigenvalue weighted by atomic mass is 16.1. The van der Waals surface area contributed by atoms with Crippen molar-refractivity contribution < 1.29 is 4.79 Å². The van der Waals surface area contributed by atoms with E-state index >= 15 is 0 Å². The minimum absolute atomic E-state index is 0.205. The molecule has 4 nitrogen and oxygen atoms in total. The number of carbonyl (C=O) groups excluding carboxylic acids is 1. The van der Waals surface area contributed by atoms with Crippen molar-refractivity contribution >= 4 is 5.78 Å². The minimum Gasteiger partial charge on any atom is -0.299 e. The van der Waals surface area contributed by atoms with Gasteiger partial charge in [-0.2, -0.15) is 0 Å². The van der Waals surface area contributed by atoms with Gasteiger partial charge in [0, 0.05) is 19.7 Å². The van der Waals surface area contributed by atoms with E-state index in [1.165, 1.54) is 11.1 Å². The van der Waals surface area contributed by atoms with Crippen molar-refractivity contribution in [1.29, 1.82) is 0 Å². The van der Waals surface area contributed by atoms with Gasteiger partial charge in [-0.3, -0.25) is 9.48 Å². The zero-order chi connectivity index (χ0) is 13.0. The number of benzene rings is 1.